The van der Waals surface area contributed by atoms with Crippen LogP contribution in [-0.4, -0.2) is 33.8 Å². The Labute approximate surface area is 148 Å². The van der Waals surface area contributed by atoms with E-state index in [1.54, 1.807) is 0 Å². The van der Waals surface area contributed by atoms with Gasteiger partial charge in [-0.25, -0.2) is 0 Å². The Hall–Kier alpha value is -2.21. The van der Waals surface area contributed by atoms with Gasteiger partial charge in [0, 0.05) is 30.1 Å². The molecule has 6 nitrogen and oxygen atoms in total. The van der Waals surface area contributed by atoms with Gasteiger partial charge in [0.15, 0.2) is 5.82 Å². The fourth-order valence-electron chi connectivity index (χ4n) is 3.57. The van der Waals surface area contributed by atoms with Crippen molar-refractivity contribution >= 4 is 11.6 Å². The van der Waals surface area contributed by atoms with Crippen LogP contribution in [0, 0.1) is 11.8 Å². The Kier molecular flexibility index (Phi) is 4.53. The Morgan fingerprint density at radius 1 is 1.28 bits per heavy atom. The summed E-state index contributed by atoms with van der Waals surface area (Å²) in [5.41, 5.74) is 1.84. The van der Waals surface area contributed by atoms with Crippen LogP contribution < -0.4 is 10.6 Å². The second kappa shape index (κ2) is 6.96. The molecule has 1 atom stereocenters. The fraction of sp³-hybridized carbons (Fsp3) is 0.526. The van der Waals surface area contributed by atoms with E-state index in [1.807, 2.05) is 31.2 Å². The van der Waals surface area contributed by atoms with Gasteiger partial charge in [-0.2, -0.15) is 0 Å². The number of carbonyl (C=O) groups is 1. The maximum Gasteiger partial charge on any atom is 0.227 e. The van der Waals surface area contributed by atoms with Crippen LogP contribution in [0.4, 0.5) is 5.69 Å². The highest BCUT2D eigenvalue weighted by Gasteiger charge is 2.28. The van der Waals surface area contributed by atoms with Crippen molar-refractivity contribution in [3.8, 4) is 11.4 Å². The number of rotatable bonds is 4. The zero-order valence-corrected chi connectivity index (χ0v) is 14.7. The maximum absolute atomic E-state index is 12.5. The summed E-state index contributed by atoms with van der Waals surface area (Å²) < 4.78 is 2.23. The smallest absolute Gasteiger partial charge is 0.227 e. The summed E-state index contributed by atoms with van der Waals surface area (Å²) in [5, 5.41) is 15.1. The van der Waals surface area contributed by atoms with Gasteiger partial charge < -0.3 is 15.2 Å². The van der Waals surface area contributed by atoms with E-state index in [1.165, 1.54) is 19.3 Å². The van der Waals surface area contributed by atoms with Gasteiger partial charge in [0.05, 0.1) is 0 Å². The monoisotopic (exact) mass is 339 g/mol. The molecule has 2 N–H and O–H groups in total. The van der Waals surface area contributed by atoms with Gasteiger partial charge in [0.1, 0.15) is 5.82 Å². The van der Waals surface area contributed by atoms with Crippen molar-refractivity contribution < 1.29 is 4.79 Å². The number of carbonyl (C=O) groups excluding carboxylic acids is 1. The number of benzene rings is 1. The molecular formula is C19H25N5O. The van der Waals surface area contributed by atoms with E-state index in [0.29, 0.717) is 5.92 Å². The highest BCUT2D eigenvalue weighted by molar-refractivity contribution is 5.93. The topological polar surface area (TPSA) is 71.8 Å². The molecule has 6 heteroatoms. The number of hydrogen-bond donors (Lipinski definition) is 2. The van der Waals surface area contributed by atoms with Gasteiger partial charge in [0.2, 0.25) is 5.91 Å². The Bertz CT molecular complexity index is 765. The first-order valence-corrected chi connectivity index (χ1v) is 9.26. The molecule has 1 saturated heterocycles. The molecule has 2 aliphatic heterocycles. The lowest BCUT2D eigenvalue weighted by Crippen LogP contribution is -2.48. The molecule has 0 saturated carbocycles. The molecular weight excluding hydrogens is 314 g/mol. The maximum atomic E-state index is 12.5. The molecule has 1 amide bonds. The second-order valence-corrected chi connectivity index (χ2v) is 7.18. The van der Waals surface area contributed by atoms with Crippen molar-refractivity contribution in [1.29, 1.82) is 0 Å². The molecule has 4 rings (SSSR count). The minimum Gasteiger partial charge on any atom is -0.326 e. The van der Waals surface area contributed by atoms with Gasteiger partial charge in [-0.15, -0.1) is 10.2 Å². The standard InChI is InChI=1S/C19H25N5O/c1-13(15-11-20-12-15)19(25)21-16-7-5-6-14(10-16)18-23-22-17-8-3-2-4-9-24(17)18/h5-7,10,13,15,20H,2-4,8-9,11-12H2,1H3,(H,21,25). The lowest BCUT2D eigenvalue weighted by molar-refractivity contribution is -0.121. The lowest BCUT2D eigenvalue weighted by Gasteiger charge is -2.31. The van der Waals surface area contributed by atoms with Crippen LogP contribution in [-0.2, 0) is 17.8 Å². The van der Waals surface area contributed by atoms with E-state index in [9.17, 15) is 4.79 Å². The largest absolute Gasteiger partial charge is 0.326 e. The predicted octanol–water partition coefficient (Wildman–Crippen LogP) is 2.47. The van der Waals surface area contributed by atoms with Crippen molar-refractivity contribution in [2.75, 3.05) is 18.4 Å². The quantitative estimate of drug-likeness (QED) is 0.898. The third-order valence-electron chi connectivity index (χ3n) is 5.43. The summed E-state index contributed by atoms with van der Waals surface area (Å²) in [5.74, 6) is 2.53. The molecule has 0 bridgehead atoms. The van der Waals surface area contributed by atoms with Crippen LogP contribution in [0.5, 0.6) is 0 Å². The molecule has 1 aromatic heterocycles. The molecule has 1 unspecified atom stereocenters. The van der Waals surface area contributed by atoms with E-state index < -0.39 is 0 Å². The summed E-state index contributed by atoms with van der Waals surface area (Å²) >= 11 is 0. The van der Waals surface area contributed by atoms with E-state index in [0.717, 1.165) is 49.0 Å². The third-order valence-corrected chi connectivity index (χ3v) is 5.43. The molecule has 2 aromatic rings. The Balaban J connectivity index is 1.53. The molecule has 0 spiro atoms. The second-order valence-electron chi connectivity index (χ2n) is 7.18. The predicted molar refractivity (Wildman–Crippen MR) is 97.2 cm³/mol. The summed E-state index contributed by atoms with van der Waals surface area (Å²) in [6.45, 7) is 4.84. The van der Waals surface area contributed by atoms with Gasteiger partial charge in [0.25, 0.3) is 0 Å². The Morgan fingerprint density at radius 2 is 2.16 bits per heavy atom. The van der Waals surface area contributed by atoms with E-state index in [4.69, 9.17) is 0 Å². The zero-order chi connectivity index (χ0) is 17.2. The van der Waals surface area contributed by atoms with Crippen LogP contribution in [0.15, 0.2) is 24.3 Å². The number of nitrogens with zero attached hydrogens (tertiary/aromatic N) is 3. The number of amides is 1. The zero-order valence-electron chi connectivity index (χ0n) is 14.7. The molecule has 3 heterocycles. The van der Waals surface area contributed by atoms with Crippen molar-refractivity contribution in [2.45, 2.75) is 39.2 Å². The third kappa shape index (κ3) is 3.31. The number of hydrogen-bond acceptors (Lipinski definition) is 4. The summed E-state index contributed by atoms with van der Waals surface area (Å²) in [4.78, 5) is 12.5. The number of anilines is 1. The first kappa shape index (κ1) is 16.3. The van der Waals surface area contributed by atoms with Crippen molar-refractivity contribution in [3.63, 3.8) is 0 Å². The van der Waals surface area contributed by atoms with E-state index in [2.05, 4.69) is 25.4 Å². The number of nitrogens with one attached hydrogen (secondary N) is 2. The molecule has 2 aliphatic rings. The van der Waals surface area contributed by atoms with Gasteiger partial charge >= 0.3 is 0 Å². The molecule has 25 heavy (non-hydrogen) atoms. The van der Waals surface area contributed by atoms with Crippen LogP contribution in [0.1, 0.15) is 32.0 Å². The van der Waals surface area contributed by atoms with Crippen molar-refractivity contribution in [3.05, 3.63) is 30.1 Å². The summed E-state index contributed by atoms with van der Waals surface area (Å²) in [7, 11) is 0. The Morgan fingerprint density at radius 3 is 2.96 bits per heavy atom. The number of aromatic nitrogens is 3. The van der Waals surface area contributed by atoms with E-state index >= 15 is 0 Å². The van der Waals surface area contributed by atoms with Crippen LogP contribution in [0.25, 0.3) is 11.4 Å². The summed E-state index contributed by atoms with van der Waals surface area (Å²) in [6, 6.07) is 7.95. The normalized spacial score (nSPS) is 18.8. The van der Waals surface area contributed by atoms with E-state index in [-0.39, 0.29) is 11.8 Å². The minimum absolute atomic E-state index is 0.0225. The summed E-state index contributed by atoms with van der Waals surface area (Å²) in [6.07, 6.45) is 4.59. The van der Waals surface area contributed by atoms with Gasteiger partial charge in [-0.1, -0.05) is 25.5 Å². The van der Waals surface area contributed by atoms with Crippen LogP contribution in [0.2, 0.25) is 0 Å². The molecule has 1 aromatic carbocycles. The molecule has 1 fully saturated rings. The van der Waals surface area contributed by atoms with Gasteiger partial charge in [-0.05, 0) is 44.0 Å². The minimum atomic E-state index is 0.0225. The SMILES string of the molecule is CC(C(=O)Nc1cccc(-c2nnc3n2CCCCC3)c1)C1CNC1. The fourth-order valence-corrected chi connectivity index (χ4v) is 3.57. The highest BCUT2D eigenvalue weighted by Crippen LogP contribution is 2.25. The average molecular weight is 339 g/mol. The lowest BCUT2D eigenvalue weighted by atomic mass is 9.88. The first-order chi connectivity index (χ1) is 12.2. The number of fused-ring (bicyclic) bond motifs is 1. The van der Waals surface area contributed by atoms with Crippen molar-refractivity contribution in [1.82, 2.24) is 20.1 Å². The first-order valence-electron chi connectivity index (χ1n) is 9.26. The van der Waals surface area contributed by atoms with Crippen LogP contribution in [0.3, 0.4) is 0 Å². The highest BCUT2D eigenvalue weighted by atomic mass is 16.1. The molecule has 0 aliphatic carbocycles. The van der Waals surface area contributed by atoms with Crippen LogP contribution >= 0.6 is 0 Å². The average Bonchev–Trinajstić information content (AvgIpc) is 2.82. The molecule has 0 radical (unpaired) electrons. The van der Waals surface area contributed by atoms with Gasteiger partial charge in [-0.3, -0.25) is 4.79 Å². The van der Waals surface area contributed by atoms with Crippen molar-refractivity contribution in [2.24, 2.45) is 11.8 Å². The molecule has 132 valence electrons. The number of aryl methyl sites for hydroxylation is 1.